The molecule has 0 aliphatic carbocycles. The van der Waals surface area contributed by atoms with Crippen molar-refractivity contribution in [1.82, 2.24) is 15.3 Å². The summed E-state index contributed by atoms with van der Waals surface area (Å²) in [6.45, 7) is 2.90. The van der Waals surface area contributed by atoms with Gasteiger partial charge in [-0.05, 0) is 12.5 Å². The number of carbonyl (C=O) groups excluding carboxylic acids is 1. The Labute approximate surface area is 122 Å². The molecule has 1 amide bonds. The number of halogens is 1. The second-order valence-electron chi connectivity index (χ2n) is 4.49. The minimum Gasteiger partial charge on any atom is -0.369 e. The van der Waals surface area contributed by atoms with Gasteiger partial charge >= 0.3 is 0 Å². The lowest BCUT2D eigenvalue weighted by Gasteiger charge is -2.07. The van der Waals surface area contributed by atoms with Crippen LogP contribution in [0.2, 0.25) is 0 Å². The lowest BCUT2D eigenvalue weighted by Crippen LogP contribution is -2.24. The Bertz CT molecular complexity index is 618. The minimum absolute atomic E-state index is 0.111. The Morgan fingerprint density at radius 2 is 2.10 bits per heavy atom. The van der Waals surface area contributed by atoms with E-state index in [2.05, 4.69) is 20.6 Å². The predicted molar refractivity (Wildman–Crippen MR) is 78.4 cm³/mol. The van der Waals surface area contributed by atoms with E-state index >= 15 is 0 Å². The number of benzene rings is 1. The molecule has 1 aromatic heterocycles. The first-order valence-electron chi connectivity index (χ1n) is 6.78. The molecular formula is C15H17FN4O. The van der Waals surface area contributed by atoms with Crippen LogP contribution in [0.3, 0.4) is 0 Å². The molecule has 0 saturated heterocycles. The van der Waals surface area contributed by atoms with Gasteiger partial charge in [0.25, 0.3) is 5.91 Å². The Kier molecular flexibility index (Phi) is 5.20. The Balaban J connectivity index is 1.98. The fourth-order valence-corrected chi connectivity index (χ4v) is 1.72. The first kappa shape index (κ1) is 14.9. The van der Waals surface area contributed by atoms with Gasteiger partial charge in [-0.1, -0.05) is 25.1 Å². The zero-order chi connectivity index (χ0) is 15.1. The van der Waals surface area contributed by atoms with Crippen LogP contribution < -0.4 is 10.6 Å². The maximum atomic E-state index is 13.5. The van der Waals surface area contributed by atoms with E-state index < -0.39 is 0 Å². The maximum absolute atomic E-state index is 13.5. The average Bonchev–Trinajstić information content (AvgIpc) is 2.52. The lowest BCUT2D eigenvalue weighted by molar-refractivity contribution is 0.0945. The van der Waals surface area contributed by atoms with E-state index in [9.17, 15) is 9.18 Å². The molecule has 110 valence electrons. The summed E-state index contributed by atoms with van der Waals surface area (Å²) in [5.41, 5.74) is 0.631. The van der Waals surface area contributed by atoms with Crippen molar-refractivity contribution in [2.45, 2.75) is 19.9 Å². The third-order valence-corrected chi connectivity index (χ3v) is 2.82. The topological polar surface area (TPSA) is 66.9 Å². The highest BCUT2D eigenvalue weighted by Gasteiger charge is 2.09. The fourth-order valence-electron chi connectivity index (χ4n) is 1.72. The Morgan fingerprint density at radius 3 is 2.86 bits per heavy atom. The molecule has 5 nitrogen and oxygen atoms in total. The molecule has 2 aromatic rings. The normalized spacial score (nSPS) is 10.2. The third kappa shape index (κ3) is 4.24. The molecular weight excluding hydrogens is 271 g/mol. The molecule has 1 aromatic carbocycles. The summed E-state index contributed by atoms with van der Waals surface area (Å²) < 4.78 is 13.5. The first-order valence-corrected chi connectivity index (χ1v) is 6.78. The van der Waals surface area contributed by atoms with E-state index in [1.807, 2.05) is 6.92 Å². The van der Waals surface area contributed by atoms with E-state index in [4.69, 9.17) is 0 Å². The highest BCUT2D eigenvalue weighted by Crippen LogP contribution is 2.07. The molecule has 0 aliphatic rings. The van der Waals surface area contributed by atoms with Crippen LogP contribution in [0, 0.1) is 5.82 Å². The molecule has 6 heteroatoms. The molecule has 2 rings (SSSR count). The van der Waals surface area contributed by atoms with Gasteiger partial charge in [0, 0.05) is 18.7 Å². The summed E-state index contributed by atoms with van der Waals surface area (Å²) in [6, 6.07) is 6.31. The largest absolute Gasteiger partial charge is 0.369 e. The number of nitrogens with one attached hydrogen (secondary N) is 2. The molecule has 0 unspecified atom stereocenters. The van der Waals surface area contributed by atoms with Crippen molar-refractivity contribution in [3.8, 4) is 0 Å². The highest BCUT2D eigenvalue weighted by atomic mass is 19.1. The second kappa shape index (κ2) is 7.33. The second-order valence-corrected chi connectivity index (χ2v) is 4.49. The molecule has 0 spiro atoms. The number of carbonyl (C=O) groups is 1. The van der Waals surface area contributed by atoms with Gasteiger partial charge in [-0.2, -0.15) is 0 Å². The highest BCUT2D eigenvalue weighted by molar-refractivity contribution is 5.92. The van der Waals surface area contributed by atoms with Gasteiger partial charge in [0.1, 0.15) is 17.3 Å². The van der Waals surface area contributed by atoms with Gasteiger partial charge in [0.15, 0.2) is 0 Å². The zero-order valence-corrected chi connectivity index (χ0v) is 11.8. The van der Waals surface area contributed by atoms with E-state index in [-0.39, 0.29) is 24.0 Å². The van der Waals surface area contributed by atoms with Crippen LogP contribution in [0.5, 0.6) is 0 Å². The molecule has 0 atom stereocenters. The molecule has 0 fully saturated rings. The number of anilines is 1. The molecule has 0 radical (unpaired) electrons. The van der Waals surface area contributed by atoms with Crippen LogP contribution in [-0.2, 0) is 6.54 Å². The van der Waals surface area contributed by atoms with Gasteiger partial charge in [-0.25, -0.2) is 9.37 Å². The van der Waals surface area contributed by atoms with E-state index in [1.54, 1.807) is 24.4 Å². The maximum Gasteiger partial charge on any atom is 0.271 e. The quantitative estimate of drug-likeness (QED) is 0.856. The summed E-state index contributed by atoms with van der Waals surface area (Å²) in [5.74, 6) is -0.177. The van der Waals surface area contributed by atoms with Crippen LogP contribution in [0.25, 0.3) is 0 Å². The van der Waals surface area contributed by atoms with Crippen LogP contribution in [-0.4, -0.2) is 22.4 Å². The van der Waals surface area contributed by atoms with Gasteiger partial charge in [0.05, 0.1) is 12.4 Å². The van der Waals surface area contributed by atoms with Crippen LogP contribution in [0.4, 0.5) is 10.2 Å². The van der Waals surface area contributed by atoms with Crippen LogP contribution in [0.15, 0.2) is 36.7 Å². The SMILES string of the molecule is CCCNc1cncc(C(=O)NCc2ccccc2F)n1. The molecule has 0 aliphatic heterocycles. The molecule has 21 heavy (non-hydrogen) atoms. The summed E-state index contributed by atoms with van der Waals surface area (Å²) in [7, 11) is 0. The van der Waals surface area contributed by atoms with Crippen molar-refractivity contribution < 1.29 is 9.18 Å². The number of hydrogen-bond acceptors (Lipinski definition) is 4. The standard InChI is InChI=1S/C15H17FN4O/c1-2-7-18-14-10-17-9-13(20-14)15(21)19-8-11-5-3-4-6-12(11)16/h3-6,9-10H,2,7-8H2,1H3,(H,18,20)(H,19,21). The number of aromatic nitrogens is 2. The molecule has 0 bridgehead atoms. The number of nitrogens with zero attached hydrogens (tertiary/aromatic N) is 2. The van der Waals surface area contributed by atoms with Gasteiger partial charge in [-0.3, -0.25) is 9.78 Å². The number of hydrogen-bond donors (Lipinski definition) is 2. The first-order chi connectivity index (χ1) is 10.2. The zero-order valence-electron chi connectivity index (χ0n) is 11.8. The summed E-state index contributed by atoms with van der Waals surface area (Å²) in [6.07, 6.45) is 3.89. The average molecular weight is 288 g/mol. The van der Waals surface area contributed by atoms with Crippen molar-refractivity contribution in [2.75, 3.05) is 11.9 Å². The monoisotopic (exact) mass is 288 g/mol. The minimum atomic E-state index is -0.383. The van der Waals surface area contributed by atoms with Crippen molar-refractivity contribution in [3.63, 3.8) is 0 Å². The predicted octanol–water partition coefficient (Wildman–Crippen LogP) is 2.37. The van der Waals surface area contributed by atoms with Crippen molar-refractivity contribution in [3.05, 3.63) is 53.7 Å². The van der Waals surface area contributed by atoms with E-state index in [0.717, 1.165) is 13.0 Å². The van der Waals surface area contributed by atoms with Crippen molar-refractivity contribution in [2.24, 2.45) is 0 Å². The van der Waals surface area contributed by atoms with Crippen molar-refractivity contribution >= 4 is 11.7 Å². The summed E-state index contributed by atoms with van der Waals surface area (Å²) >= 11 is 0. The van der Waals surface area contributed by atoms with Gasteiger partial charge < -0.3 is 10.6 Å². The Morgan fingerprint density at radius 1 is 1.29 bits per heavy atom. The summed E-state index contributed by atoms with van der Waals surface area (Å²) in [5, 5.41) is 5.69. The van der Waals surface area contributed by atoms with E-state index in [0.29, 0.717) is 11.4 Å². The van der Waals surface area contributed by atoms with Crippen molar-refractivity contribution in [1.29, 1.82) is 0 Å². The van der Waals surface area contributed by atoms with Crippen LogP contribution >= 0.6 is 0 Å². The molecule has 2 N–H and O–H groups in total. The third-order valence-electron chi connectivity index (χ3n) is 2.82. The van der Waals surface area contributed by atoms with Gasteiger partial charge in [0.2, 0.25) is 0 Å². The smallest absolute Gasteiger partial charge is 0.271 e. The van der Waals surface area contributed by atoms with Crippen LogP contribution in [0.1, 0.15) is 29.4 Å². The number of rotatable bonds is 6. The molecule has 1 heterocycles. The van der Waals surface area contributed by atoms with E-state index in [1.165, 1.54) is 12.3 Å². The molecule has 0 saturated carbocycles. The fraction of sp³-hybridized carbons (Fsp3) is 0.267. The van der Waals surface area contributed by atoms with Gasteiger partial charge in [-0.15, -0.1) is 0 Å². The summed E-state index contributed by atoms with van der Waals surface area (Å²) in [4.78, 5) is 20.1. The lowest BCUT2D eigenvalue weighted by atomic mass is 10.2. The number of amides is 1. The Hall–Kier alpha value is -2.50.